The van der Waals surface area contributed by atoms with Crippen molar-refractivity contribution in [3.05, 3.63) is 0 Å². The van der Waals surface area contributed by atoms with Crippen molar-refractivity contribution in [1.82, 2.24) is 0 Å². The van der Waals surface area contributed by atoms with E-state index >= 15 is 0 Å². The Balaban J connectivity index is 3.31. The van der Waals surface area contributed by atoms with Crippen LogP contribution < -0.4 is 5.73 Å². The van der Waals surface area contributed by atoms with E-state index in [0.717, 1.165) is 0 Å². The van der Waals surface area contributed by atoms with Gasteiger partial charge in [-0.2, -0.15) is 43.9 Å². The smallest absolute Gasteiger partial charge is 0.330 e. The zero-order valence-corrected chi connectivity index (χ0v) is 12.0. The van der Waals surface area contributed by atoms with Gasteiger partial charge in [0.2, 0.25) is 5.67 Å². The van der Waals surface area contributed by atoms with Gasteiger partial charge >= 0.3 is 29.6 Å². The first-order valence-corrected chi connectivity index (χ1v) is 6.84. The van der Waals surface area contributed by atoms with Gasteiger partial charge < -0.3 is 5.73 Å². The molecule has 0 aromatic carbocycles. The summed E-state index contributed by atoms with van der Waals surface area (Å²) in [4.78, 5) is 0. The molecule has 0 unspecified atom stereocenters. The van der Waals surface area contributed by atoms with Gasteiger partial charge in [0.25, 0.3) is 0 Å². The predicted molar refractivity (Wildman–Crippen MR) is 60.7 cm³/mol. The first kappa shape index (κ1) is 21.2. The molecule has 0 amide bonds. The maximum atomic E-state index is 14.2. The van der Waals surface area contributed by atoms with E-state index in [0.29, 0.717) is 0 Å². The van der Waals surface area contributed by atoms with Gasteiger partial charge in [-0.1, -0.05) is 12.8 Å². The molecule has 1 fully saturated rings. The molecule has 1 saturated carbocycles. The fourth-order valence-electron chi connectivity index (χ4n) is 2.47. The van der Waals surface area contributed by atoms with E-state index in [1.165, 1.54) is 0 Å². The van der Waals surface area contributed by atoms with Crippen molar-refractivity contribution in [2.75, 3.05) is 6.54 Å². The second-order valence-corrected chi connectivity index (χ2v) is 5.63. The molecule has 1 rings (SSSR count). The average Bonchev–Trinajstić information content (AvgIpc) is 2.44. The molecule has 1 nitrogen and oxygen atoms in total. The maximum Gasteiger partial charge on any atom is 0.384 e. The topological polar surface area (TPSA) is 26.0 Å². The minimum atomic E-state index is -7.14. The number of alkyl halides is 11. The number of hydrogen-bond acceptors (Lipinski definition) is 1. The van der Waals surface area contributed by atoms with Crippen molar-refractivity contribution in [3.63, 3.8) is 0 Å². The van der Waals surface area contributed by atoms with Gasteiger partial charge in [0.05, 0.1) is 0 Å². The number of hydrogen-bond donors (Lipinski definition) is 1. The monoisotopic (exact) mass is 381 g/mol. The standard InChI is InChI=1S/C12H14F11N/c13-7(5-3-1-2-4-6-24)8(14,15)10(18,19)12(22,23)11(20,21)9(7,16)17/h1-6,24H2. The molecule has 1 aliphatic rings. The molecule has 0 radical (unpaired) electrons. The fourth-order valence-corrected chi connectivity index (χ4v) is 2.47. The molecule has 144 valence electrons. The Labute approximate surface area is 129 Å². The molecule has 12 heteroatoms. The van der Waals surface area contributed by atoms with Crippen LogP contribution in [0.5, 0.6) is 0 Å². The van der Waals surface area contributed by atoms with Crippen molar-refractivity contribution >= 4 is 0 Å². The Morgan fingerprint density at radius 3 is 1.17 bits per heavy atom. The summed E-state index contributed by atoms with van der Waals surface area (Å²) in [6, 6.07) is 0. The van der Waals surface area contributed by atoms with Crippen LogP contribution in [0.2, 0.25) is 0 Å². The summed E-state index contributed by atoms with van der Waals surface area (Å²) in [5.74, 6) is -34.6. The highest BCUT2D eigenvalue weighted by molar-refractivity contribution is 5.26. The minimum absolute atomic E-state index is 0.104. The molecule has 2 N–H and O–H groups in total. The summed E-state index contributed by atoms with van der Waals surface area (Å²) in [6.07, 6.45) is -2.95. The molecule has 0 aromatic rings. The summed E-state index contributed by atoms with van der Waals surface area (Å²) >= 11 is 0. The molecule has 0 atom stereocenters. The first-order chi connectivity index (χ1) is 10.6. The second kappa shape index (κ2) is 5.87. The third-order valence-corrected chi connectivity index (χ3v) is 4.05. The molecule has 0 heterocycles. The van der Waals surface area contributed by atoms with Crippen LogP contribution in [0.1, 0.15) is 32.1 Å². The molecular weight excluding hydrogens is 367 g/mol. The van der Waals surface area contributed by atoms with Crippen LogP contribution in [0.15, 0.2) is 0 Å². The lowest BCUT2D eigenvalue weighted by Gasteiger charge is -2.52. The van der Waals surface area contributed by atoms with E-state index in [2.05, 4.69) is 0 Å². The maximum absolute atomic E-state index is 14.2. The number of unbranched alkanes of at least 4 members (excludes halogenated alkanes) is 3. The van der Waals surface area contributed by atoms with E-state index in [1.54, 1.807) is 0 Å². The quantitative estimate of drug-likeness (QED) is 0.520. The largest absolute Gasteiger partial charge is 0.384 e. The van der Waals surface area contributed by atoms with Crippen LogP contribution >= 0.6 is 0 Å². The van der Waals surface area contributed by atoms with Gasteiger partial charge in [0.15, 0.2) is 0 Å². The van der Waals surface area contributed by atoms with Crippen molar-refractivity contribution in [3.8, 4) is 0 Å². The predicted octanol–water partition coefficient (Wildman–Crippen LogP) is 4.79. The Kier molecular flexibility index (Phi) is 5.20. The number of halogens is 11. The lowest BCUT2D eigenvalue weighted by Crippen LogP contribution is -2.83. The summed E-state index contributed by atoms with van der Waals surface area (Å²) in [5.41, 5.74) is -0.765. The molecule has 1 aliphatic carbocycles. The van der Waals surface area contributed by atoms with Crippen LogP contribution in [0.25, 0.3) is 0 Å². The fraction of sp³-hybridized carbons (Fsp3) is 1.00. The summed E-state index contributed by atoms with van der Waals surface area (Å²) in [5, 5.41) is 0. The molecule has 0 spiro atoms. The zero-order chi connectivity index (χ0) is 19.2. The van der Waals surface area contributed by atoms with Crippen LogP contribution in [-0.4, -0.2) is 41.8 Å². The van der Waals surface area contributed by atoms with E-state index in [9.17, 15) is 48.3 Å². The Morgan fingerprint density at radius 1 is 0.458 bits per heavy atom. The van der Waals surface area contributed by atoms with Gasteiger partial charge in [-0.3, -0.25) is 0 Å². The highest BCUT2D eigenvalue weighted by Crippen LogP contribution is 2.70. The summed E-state index contributed by atoms with van der Waals surface area (Å²) < 4.78 is 147. The van der Waals surface area contributed by atoms with Gasteiger partial charge in [-0.15, -0.1) is 0 Å². The average molecular weight is 381 g/mol. The minimum Gasteiger partial charge on any atom is -0.330 e. The molecule has 0 aromatic heterocycles. The van der Waals surface area contributed by atoms with Crippen LogP contribution in [0.4, 0.5) is 48.3 Å². The lowest BCUT2D eigenvalue weighted by atomic mass is 9.70. The van der Waals surface area contributed by atoms with E-state index in [-0.39, 0.29) is 25.8 Å². The van der Waals surface area contributed by atoms with Gasteiger partial charge in [-0.05, 0) is 25.8 Å². The van der Waals surface area contributed by atoms with E-state index < -0.39 is 48.1 Å². The summed E-state index contributed by atoms with van der Waals surface area (Å²) in [7, 11) is 0. The number of rotatable bonds is 6. The van der Waals surface area contributed by atoms with Crippen molar-refractivity contribution in [1.29, 1.82) is 0 Å². The van der Waals surface area contributed by atoms with Crippen LogP contribution in [0.3, 0.4) is 0 Å². The highest BCUT2D eigenvalue weighted by Gasteiger charge is 3.00. The van der Waals surface area contributed by atoms with Crippen LogP contribution in [0, 0.1) is 0 Å². The Bertz CT molecular complexity index is 430. The zero-order valence-electron chi connectivity index (χ0n) is 12.0. The molecule has 0 saturated heterocycles. The van der Waals surface area contributed by atoms with Crippen molar-refractivity contribution < 1.29 is 48.3 Å². The molecule has 24 heavy (non-hydrogen) atoms. The highest BCUT2D eigenvalue weighted by atomic mass is 19.4. The van der Waals surface area contributed by atoms with Gasteiger partial charge in [-0.25, -0.2) is 4.39 Å². The third-order valence-electron chi connectivity index (χ3n) is 4.05. The molecule has 0 aliphatic heterocycles. The normalized spacial score (nSPS) is 28.5. The Morgan fingerprint density at radius 2 is 0.792 bits per heavy atom. The lowest BCUT2D eigenvalue weighted by molar-refractivity contribution is -0.485. The van der Waals surface area contributed by atoms with Gasteiger partial charge in [0, 0.05) is 0 Å². The van der Waals surface area contributed by atoms with E-state index in [4.69, 9.17) is 5.73 Å². The summed E-state index contributed by atoms with van der Waals surface area (Å²) in [6.45, 7) is 0.107. The SMILES string of the molecule is NCCCCCCC1(F)C(F)(F)C(F)(F)C(F)(F)C(F)(F)C1(F)F. The van der Waals surface area contributed by atoms with Crippen molar-refractivity contribution in [2.45, 2.75) is 67.4 Å². The molecular formula is C12H14F11N. The van der Waals surface area contributed by atoms with E-state index in [1.807, 2.05) is 0 Å². The third kappa shape index (κ3) is 2.31. The van der Waals surface area contributed by atoms with Crippen molar-refractivity contribution in [2.24, 2.45) is 5.73 Å². The molecule has 0 bridgehead atoms. The number of nitrogens with two attached hydrogens (primary N) is 1. The Hall–Kier alpha value is -0.810. The second-order valence-electron chi connectivity index (χ2n) is 5.63. The van der Waals surface area contributed by atoms with Crippen LogP contribution in [-0.2, 0) is 0 Å². The van der Waals surface area contributed by atoms with Gasteiger partial charge in [0.1, 0.15) is 0 Å². The first-order valence-electron chi connectivity index (χ1n) is 6.84.